The van der Waals surface area contributed by atoms with E-state index in [0.717, 1.165) is 0 Å². The first-order valence-electron chi connectivity index (χ1n) is 6.63. The fourth-order valence-electron chi connectivity index (χ4n) is 1.84. The summed E-state index contributed by atoms with van der Waals surface area (Å²) < 4.78 is 18.1. The predicted molar refractivity (Wildman–Crippen MR) is 80.3 cm³/mol. The number of anilines is 1. The van der Waals surface area contributed by atoms with Gasteiger partial charge in [-0.3, -0.25) is 9.59 Å². The summed E-state index contributed by atoms with van der Waals surface area (Å²) >= 11 is 0. The van der Waals surface area contributed by atoms with Crippen LogP contribution in [-0.2, 0) is 9.59 Å². The number of hydrogen-bond acceptors (Lipinski definition) is 3. The Morgan fingerprint density at radius 3 is 2.55 bits per heavy atom. The van der Waals surface area contributed by atoms with Crippen LogP contribution in [0.15, 0.2) is 53.2 Å². The molecule has 0 spiro atoms. The minimum Gasteiger partial charge on any atom is -0.465 e. The molecule has 2 aromatic rings. The second kappa shape index (κ2) is 7.21. The average molecular weight is 302 g/mol. The Morgan fingerprint density at radius 1 is 1.23 bits per heavy atom. The molecule has 1 aromatic heterocycles. The van der Waals surface area contributed by atoms with E-state index in [-0.39, 0.29) is 18.9 Å². The number of primary amides is 1. The van der Waals surface area contributed by atoms with Gasteiger partial charge in [-0.2, -0.15) is 0 Å². The zero-order chi connectivity index (χ0) is 15.9. The molecule has 0 fully saturated rings. The van der Waals surface area contributed by atoms with E-state index in [1.807, 2.05) is 0 Å². The molecule has 6 heteroatoms. The van der Waals surface area contributed by atoms with Crippen molar-refractivity contribution in [1.82, 2.24) is 0 Å². The number of rotatable bonds is 6. The van der Waals surface area contributed by atoms with Crippen LogP contribution in [0.25, 0.3) is 6.08 Å². The number of carbonyl (C=O) groups excluding carboxylic acids is 2. The molecule has 0 aliphatic rings. The molecule has 1 heterocycles. The van der Waals surface area contributed by atoms with Gasteiger partial charge in [-0.25, -0.2) is 4.39 Å². The summed E-state index contributed by atoms with van der Waals surface area (Å²) in [6, 6.07) is 8.83. The minimum absolute atomic E-state index is 0.0116. The maximum atomic E-state index is 13.0. The first-order valence-corrected chi connectivity index (χ1v) is 6.63. The molecular formula is C16H15FN2O3. The number of benzene rings is 1. The Hall–Kier alpha value is -2.89. The van der Waals surface area contributed by atoms with Crippen LogP contribution in [-0.4, -0.2) is 18.4 Å². The third-order valence-corrected chi connectivity index (χ3v) is 2.92. The van der Waals surface area contributed by atoms with Crippen molar-refractivity contribution in [3.63, 3.8) is 0 Å². The number of nitrogens with two attached hydrogens (primary N) is 1. The topological polar surface area (TPSA) is 76.5 Å². The molecule has 114 valence electrons. The number of hydrogen-bond donors (Lipinski definition) is 1. The van der Waals surface area contributed by atoms with Gasteiger partial charge in [-0.05, 0) is 42.5 Å². The Bertz CT molecular complexity index is 663. The maximum absolute atomic E-state index is 13.0. The van der Waals surface area contributed by atoms with Crippen molar-refractivity contribution < 1.29 is 18.4 Å². The van der Waals surface area contributed by atoms with E-state index in [1.54, 1.807) is 12.1 Å². The molecule has 0 aliphatic carbocycles. The van der Waals surface area contributed by atoms with Gasteiger partial charge in [-0.1, -0.05) is 0 Å². The summed E-state index contributed by atoms with van der Waals surface area (Å²) in [5.74, 6) is -0.751. The van der Waals surface area contributed by atoms with Crippen LogP contribution >= 0.6 is 0 Å². The Kier molecular flexibility index (Phi) is 5.08. The highest BCUT2D eigenvalue weighted by Crippen LogP contribution is 2.16. The van der Waals surface area contributed by atoms with Gasteiger partial charge in [0.25, 0.3) is 5.91 Å². The number of furan rings is 1. The highest BCUT2D eigenvalue weighted by atomic mass is 19.1. The molecule has 2 amide bonds. The molecule has 2 rings (SSSR count). The minimum atomic E-state index is -0.519. The van der Waals surface area contributed by atoms with E-state index < -0.39 is 11.7 Å². The molecule has 1 aromatic carbocycles. The zero-order valence-electron chi connectivity index (χ0n) is 11.7. The van der Waals surface area contributed by atoms with Crippen LogP contribution in [0.2, 0.25) is 0 Å². The van der Waals surface area contributed by atoms with Crippen molar-refractivity contribution in [2.75, 3.05) is 11.4 Å². The number of amides is 2. The molecule has 0 saturated carbocycles. The summed E-state index contributed by atoms with van der Waals surface area (Å²) in [4.78, 5) is 24.6. The monoisotopic (exact) mass is 302 g/mol. The number of nitrogens with zero attached hydrogens (tertiary/aromatic N) is 1. The van der Waals surface area contributed by atoms with Crippen molar-refractivity contribution in [2.45, 2.75) is 6.42 Å². The van der Waals surface area contributed by atoms with E-state index >= 15 is 0 Å². The smallest absolute Gasteiger partial charge is 0.251 e. The summed E-state index contributed by atoms with van der Waals surface area (Å²) in [7, 11) is 0. The van der Waals surface area contributed by atoms with Crippen molar-refractivity contribution in [1.29, 1.82) is 0 Å². The molecule has 5 nitrogen and oxygen atoms in total. The molecule has 2 N–H and O–H groups in total. The van der Waals surface area contributed by atoms with Crippen LogP contribution in [0, 0.1) is 5.82 Å². The maximum Gasteiger partial charge on any atom is 0.251 e. The molecule has 0 saturated heterocycles. The highest BCUT2D eigenvalue weighted by molar-refractivity contribution is 6.04. The van der Waals surface area contributed by atoms with Crippen molar-refractivity contribution in [2.24, 2.45) is 5.73 Å². The Morgan fingerprint density at radius 2 is 1.95 bits per heavy atom. The van der Waals surface area contributed by atoms with Crippen molar-refractivity contribution in [3.8, 4) is 0 Å². The predicted octanol–water partition coefficient (Wildman–Crippen LogP) is 2.34. The molecule has 0 radical (unpaired) electrons. The number of halogens is 1. The lowest BCUT2D eigenvalue weighted by atomic mass is 10.2. The van der Waals surface area contributed by atoms with Crippen LogP contribution in [0.5, 0.6) is 0 Å². The third-order valence-electron chi connectivity index (χ3n) is 2.92. The fourth-order valence-corrected chi connectivity index (χ4v) is 1.84. The Labute approximate surface area is 126 Å². The first-order chi connectivity index (χ1) is 10.6. The van der Waals surface area contributed by atoms with Gasteiger partial charge < -0.3 is 15.1 Å². The average Bonchev–Trinajstić information content (AvgIpc) is 3.00. The van der Waals surface area contributed by atoms with Crippen LogP contribution in [0.4, 0.5) is 10.1 Å². The molecule has 0 aliphatic heterocycles. The van der Waals surface area contributed by atoms with Crippen molar-refractivity contribution in [3.05, 3.63) is 60.3 Å². The Balaban J connectivity index is 2.17. The lowest BCUT2D eigenvalue weighted by molar-refractivity contribution is -0.118. The normalized spacial score (nSPS) is 10.8. The van der Waals surface area contributed by atoms with E-state index in [9.17, 15) is 14.0 Å². The summed E-state index contributed by atoms with van der Waals surface area (Å²) in [6.45, 7) is 0.113. The van der Waals surface area contributed by atoms with Crippen LogP contribution in [0.1, 0.15) is 12.2 Å². The second-order valence-corrected chi connectivity index (χ2v) is 4.53. The largest absolute Gasteiger partial charge is 0.465 e. The van der Waals surface area contributed by atoms with Gasteiger partial charge in [-0.15, -0.1) is 0 Å². The molecule has 0 bridgehead atoms. The lowest BCUT2D eigenvalue weighted by Crippen LogP contribution is -2.32. The second-order valence-electron chi connectivity index (χ2n) is 4.53. The van der Waals surface area contributed by atoms with Gasteiger partial charge >= 0.3 is 0 Å². The van der Waals surface area contributed by atoms with Gasteiger partial charge in [0.15, 0.2) is 0 Å². The van der Waals surface area contributed by atoms with Crippen LogP contribution in [0.3, 0.4) is 0 Å². The summed E-state index contributed by atoms with van der Waals surface area (Å²) in [6.07, 6.45) is 4.35. The SMILES string of the molecule is NC(=O)CCN(C(=O)C=Cc1ccco1)c1ccc(F)cc1. The van der Waals surface area contributed by atoms with Gasteiger partial charge in [0, 0.05) is 24.7 Å². The van der Waals surface area contributed by atoms with E-state index in [2.05, 4.69) is 0 Å². The number of carbonyl (C=O) groups is 2. The summed E-state index contributed by atoms with van der Waals surface area (Å²) in [5.41, 5.74) is 5.61. The molecule has 0 atom stereocenters. The van der Waals surface area contributed by atoms with Crippen LogP contribution < -0.4 is 10.6 Å². The standard InChI is InChI=1S/C16H15FN2O3/c17-12-3-5-13(6-4-12)19(10-9-15(18)20)16(21)8-7-14-2-1-11-22-14/h1-8,11H,9-10H2,(H2,18,20). The third kappa shape index (κ3) is 4.31. The molecule has 22 heavy (non-hydrogen) atoms. The van der Waals surface area contributed by atoms with E-state index in [1.165, 1.54) is 47.6 Å². The quantitative estimate of drug-likeness (QED) is 0.832. The summed E-state index contributed by atoms with van der Waals surface area (Å²) in [5, 5.41) is 0. The molecular weight excluding hydrogens is 287 g/mol. The molecule has 0 unspecified atom stereocenters. The highest BCUT2D eigenvalue weighted by Gasteiger charge is 2.14. The van der Waals surface area contributed by atoms with E-state index in [0.29, 0.717) is 11.4 Å². The van der Waals surface area contributed by atoms with E-state index in [4.69, 9.17) is 10.2 Å². The van der Waals surface area contributed by atoms with Crippen molar-refractivity contribution >= 4 is 23.6 Å². The first kappa shape index (κ1) is 15.5. The van der Waals surface area contributed by atoms with Gasteiger partial charge in [0.05, 0.1) is 6.26 Å². The van der Waals surface area contributed by atoms with Gasteiger partial charge in [0.1, 0.15) is 11.6 Å². The van der Waals surface area contributed by atoms with Gasteiger partial charge in [0.2, 0.25) is 5.91 Å². The fraction of sp³-hybridized carbons (Fsp3) is 0.125. The zero-order valence-corrected chi connectivity index (χ0v) is 11.7. The lowest BCUT2D eigenvalue weighted by Gasteiger charge is -2.20.